The molecule has 0 unspecified atom stereocenters. The normalized spacial score (nSPS) is 21.2. The van der Waals surface area contributed by atoms with Gasteiger partial charge in [0.1, 0.15) is 0 Å². The van der Waals surface area contributed by atoms with Gasteiger partial charge in [-0.15, -0.1) is 0 Å². The number of esters is 2. The minimum absolute atomic E-state index is 0.0187. The van der Waals surface area contributed by atoms with E-state index in [4.69, 9.17) is 37.4 Å². The quantitative estimate of drug-likeness (QED) is 0.434. The molecule has 0 amide bonds. The standard InChI is InChI=1S/C15H26O5.C7H3Cl2F3/c1-6-18-13(17)15(19-11(2)16)9-7-12(8-10-15)20-14(3,4)5;8-5-1-4(7(10,11)12)2-6(9)3-5/h12H,6-10H2,1-5H3;1-3H. The number of rotatable bonds is 4. The van der Waals surface area contributed by atoms with Crippen molar-refractivity contribution in [2.45, 2.75) is 83.8 Å². The maximum atomic E-state index is 12.1. The summed E-state index contributed by atoms with van der Waals surface area (Å²) in [6.07, 6.45) is -2.03. The van der Waals surface area contributed by atoms with E-state index in [1.165, 1.54) is 13.0 Å². The number of hydrogen-bond acceptors (Lipinski definition) is 5. The Bertz CT molecular complexity index is 763. The number of ether oxygens (including phenoxy) is 3. The van der Waals surface area contributed by atoms with E-state index in [1.807, 2.05) is 20.8 Å². The first-order chi connectivity index (χ1) is 14.6. The molecule has 0 atom stereocenters. The maximum absolute atomic E-state index is 12.1. The second kappa shape index (κ2) is 11.6. The van der Waals surface area contributed by atoms with Crippen LogP contribution in [0.15, 0.2) is 18.2 Å². The van der Waals surface area contributed by atoms with Gasteiger partial charge < -0.3 is 14.2 Å². The van der Waals surface area contributed by atoms with Gasteiger partial charge >= 0.3 is 18.1 Å². The predicted molar refractivity (Wildman–Crippen MR) is 116 cm³/mol. The Morgan fingerprint density at radius 1 is 1.06 bits per heavy atom. The van der Waals surface area contributed by atoms with Crippen LogP contribution in [0.4, 0.5) is 13.2 Å². The van der Waals surface area contributed by atoms with E-state index in [1.54, 1.807) is 6.92 Å². The first-order valence-corrected chi connectivity index (χ1v) is 10.9. The third-order valence-electron chi connectivity index (χ3n) is 4.44. The molecule has 0 N–H and O–H groups in total. The number of carbonyl (C=O) groups excluding carboxylic acids is 2. The monoisotopic (exact) mass is 500 g/mol. The van der Waals surface area contributed by atoms with Crippen molar-refractivity contribution in [2.75, 3.05) is 6.61 Å². The minimum atomic E-state index is -4.39. The van der Waals surface area contributed by atoms with E-state index in [-0.39, 0.29) is 28.4 Å². The molecular formula is C22H29Cl2F3O5. The van der Waals surface area contributed by atoms with Crippen LogP contribution < -0.4 is 0 Å². The van der Waals surface area contributed by atoms with E-state index < -0.39 is 29.3 Å². The zero-order chi connectivity index (χ0) is 24.7. The van der Waals surface area contributed by atoms with Gasteiger partial charge in [0.15, 0.2) is 0 Å². The lowest BCUT2D eigenvalue weighted by molar-refractivity contribution is -0.190. The van der Waals surface area contributed by atoms with Gasteiger partial charge in [-0.05, 0) is 58.7 Å². The molecule has 1 aromatic rings. The summed E-state index contributed by atoms with van der Waals surface area (Å²) in [4.78, 5) is 23.4. The first-order valence-electron chi connectivity index (χ1n) is 10.2. The van der Waals surface area contributed by atoms with E-state index in [2.05, 4.69) is 0 Å². The summed E-state index contributed by atoms with van der Waals surface area (Å²) in [5.74, 6) is -0.891. The van der Waals surface area contributed by atoms with Crippen molar-refractivity contribution in [3.8, 4) is 0 Å². The summed E-state index contributed by atoms with van der Waals surface area (Å²) in [7, 11) is 0. The lowest BCUT2D eigenvalue weighted by Gasteiger charge is -2.39. The molecule has 1 aliphatic carbocycles. The maximum Gasteiger partial charge on any atom is 0.416 e. The molecule has 182 valence electrons. The Morgan fingerprint density at radius 3 is 1.94 bits per heavy atom. The average molecular weight is 501 g/mol. The second-order valence-corrected chi connectivity index (χ2v) is 9.27. The van der Waals surface area contributed by atoms with Gasteiger partial charge in [0.25, 0.3) is 0 Å². The molecule has 32 heavy (non-hydrogen) atoms. The molecule has 2 rings (SSSR count). The van der Waals surface area contributed by atoms with Gasteiger partial charge in [0.2, 0.25) is 5.60 Å². The Morgan fingerprint density at radius 2 is 1.56 bits per heavy atom. The van der Waals surface area contributed by atoms with Gasteiger partial charge in [0.05, 0.1) is 23.9 Å². The van der Waals surface area contributed by atoms with Crippen molar-refractivity contribution < 1.29 is 37.0 Å². The largest absolute Gasteiger partial charge is 0.463 e. The fraction of sp³-hybridized carbons (Fsp3) is 0.636. The fourth-order valence-corrected chi connectivity index (χ4v) is 3.80. The van der Waals surface area contributed by atoms with Crippen LogP contribution in [0.25, 0.3) is 0 Å². The molecular weight excluding hydrogens is 472 g/mol. The topological polar surface area (TPSA) is 61.8 Å². The van der Waals surface area contributed by atoms with Crippen molar-refractivity contribution in [3.05, 3.63) is 33.8 Å². The Kier molecular flexibility index (Phi) is 10.3. The fourth-order valence-electron chi connectivity index (χ4n) is 3.28. The highest BCUT2D eigenvalue weighted by Gasteiger charge is 2.47. The number of alkyl halides is 3. The van der Waals surface area contributed by atoms with E-state index in [9.17, 15) is 22.8 Å². The van der Waals surface area contributed by atoms with Gasteiger partial charge in [-0.1, -0.05) is 23.2 Å². The summed E-state index contributed by atoms with van der Waals surface area (Å²) < 4.78 is 52.4. The minimum Gasteiger partial charge on any atom is -0.463 e. The molecule has 0 saturated heterocycles. The van der Waals surface area contributed by atoms with E-state index in [0.717, 1.165) is 12.1 Å². The highest BCUT2D eigenvalue weighted by molar-refractivity contribution is 6.34. The molecule has 0 heterocycles. The molecule has 0 aromatic heterocycles. The predicted octanol–water partition coefficient (Wildman–Crippen LogP) is 6.62. The third-order valence-corrected chi connectivity index (χ3v) is 4.87. The van der Waals surface area contributed by atoms with Crippen molar-refractivity contribution in [1.82, 2.24) is 0 Å². The van der Waals surface area contributed by atoms with Crippen LogP contribution in [0, 0.1) is 0 Å². The van der Waals surface area contributed by atoms with Crippen molar-refractivity contribution in [1.29, 1.82) is 0 Å². The summed E-state index contributed by atoms with van der Waals surface area (Å²) in [6, 6.07) is 2.90. The first kappa shape index (κ1) is 28.5. The second-order valence-electron chi connectivity index (χ2n) is 8.39. The summed E-state index contributed by atoms with van der Waals surface area (Å²) in [6.45, 7) is 9.36. The Balaban J connectivity index is 0.000000363. The van der Waals surface area contributed by atoms with Crippen LogP contribution in [0.1, 0.15) is 65.9 Å². The van der Waals surface area contributed by atoms with E-state index in [0.29, 0.717) is 25.7 Å². The van der Waals surface area contributed by atoms with Gasteiger partial charge in [0, 0.05) is 29.8 Å². The number of carbonyl (C=O) groups is 2. The Labute approximate surface area is 196 Å². The SMILES string of the molecule is CCOC(=O)C1(OC(C)=O)CCC(OC(C)(C)C)CC1.FC(F)(F)c1cc(Cl)cc(Cl)c1. The van der Waals surface area contributed by atoms with Crippen LogP contribution in [-0.4, -0.2) is 35.9 Å². The molecule has 1 aromatic carbocycles. The number of halogens is 5. The van der Waals surface area contributed by atoms with Crippen molar-refractivity contribution in [2.24, 2.45) is 0 Å². The average Bonchev–Trinajstić information content (AvgIpc) is 2.61. The summed E-state index contributed by atoms with van der Waals surface area (Å²) in [5.41, 5.74) is -2.17. The van der Waals surface area contributed by atoms with Crippen molar-refractivity contribution in [3.63, 3.8) is 0 Å². The molecule has 0 aliphatic heterocycles. The van der Waals surface area contributed by atoms with Crippen LogP contribution >= 0.6 is 23.2 Å². The van der Waals surface area contributed by atoms with Crippen LogP contribution in [0.2, 0.25) is 10.0 Å². The Hall–Kier alpha value is -1.51. The van der Waals surface area contributed by atoms with Crippen molar-refractivity contribution >= 4 is 35.1 Å². The molecule has 0 radical (unpaired) electrons. The molecule has 1 aliphatic rings. The van der Waals surface area contributed by atoms with Crippen LogP contribution in [0.3, 0.4) is 0 Å². The molecule has 10 heteroatoms. The zero-order valence-electron chi connectivity index (χ0n) is 18.8. The lowest BCUT2D eigenvalue weighted by Crippen LogP contribution is -2.48. The zero-order valence-corrected chi connectivity index (χ0v) is 20.3. The summed E-state index contributed by atoms with van der Waals surface area (Å²) in [5, 5.41) is -0.0374. The lowest BCUT2D eigenvalue weighted by atomic mass is 9.82. The van der Waals surface area contributed by atoms with E-state index >= 15 is 0 Å². The van der Waals surface area contributed by atoms with Gasteiger partial charge in [-0.3, -0.25) is 4.79 Å². The smallest absolute Gasteiger partial charge is 0.416 e. The van der Waals surface area contributed by atoms with Gasteiger partial charge in [-0.2, -0.15) is 13.2 Å². The number of hydrogen-bond donors (Lipinski definition) is 0. The number of benzene rings is 1. The third kappa shape index (κ3) is 9.55. The molecule has 1 fully saturated rings. The highest BCUT2D eigenvalue weighted by atomic mass is 35.5. The molecule has 5 nitrogen and oxygen atoms in total. The van der Waals surface area contributed by atoms with Gasteiger partial charge in [-0.25, -0.2) is 4.79 Å². The molecule has 0 spiro atoms. The molecule has 0 bridgehead atoms. The highest BCUT2D eigenvalue weighted by Crippen LogP contribution is 2.36. The molecule has 1 saturated carbocycles. The van der Waals surface area contributed by atoms with Crippen LogP contribution in [-0.2, 0) is 30.0 Å². The summed E-state index contributed by atoms with van der Waals surface area (Å²) >= 11 is 10.7. The van der Waals surface area contributed by atoms with Crippen LogP contribution in [0.5, 0.6) is 0 Å².